The lowest BCUT2D eigenvalue weighted by molar-refractivity contribution is 0.0953. The van der Waals surface area contributed by atoms with Crippen molar-refractivity contribution in [2.75, 3.05) is 6.54 Å². The molecule has 0 saturated heterocycles. The number of thiophene rings is 1. The number of amides is 1. The molecule has 4 aromatic heterocycles. The molecule has 0 aliphatic heterocycles. The van der Waals surface area contributed by atoms with Crippen LogP contribution in [0.25, 0.3) is 17.2 Å². The number of carbonyl (C=O) groups excluding carboxylic acids is 1. The van der Waals surface area contributed by atoms with Gasteiger partial charge >= 0.3 is 0 Å². The zero-order chi connectivity index (χ0) is 22.1. The number of aromatic nitrogens is 5. The predicted octanol–water partition coefficient (Wildman–Crippen LogP) is 4.25. The van der Waals surface area contributed by atoms with Gasteiger partial charge in [0.1, 0.15) is 0 Å². The van der Waals surface area contributed by atoms with Crippen LogP contribution < -0.4 is 5.32 Å². The van der Waals surface area contributed by atoms with Crippen LogP contribution in [0, 0.1) is 13.8 Å². The van der Waals surface area contributed by atoms with Crippen molar-refractivity contribution in [3.63, 3.8) is 0 Å². The van der Waals surface area contributed by atoms with Gasteiger partial charge in [0.15, 0.2) is 0 Å². The van der Waals surface area contributed by atoms with Crippen LogP contribution in [0.5, 0.6) is 0 Å². The maximum Gasteiger partial charge on any atom is 0.254 e. The Hall–Kier alpha value is -3.39. The minimum Gasteiger partial charge on any atom is -0.352 e. The summed E-state index contributed by atoms with van der Waals surface area (Å²) in [5.74, 6) is 0.707. The first kappa shape index (κ1) is 20.5. The standard InChI is InChI=1S/C24H24N6OS/c1-15-12-19(16(2)32-15)21-8-11-27-24(29-21)30-22(18-5-6-18)20(14-28-30)23(31)26-10-7-17-4-3-9-25-13-17/h3-4,8-9,11-14,18H,5-7,10H2,1-2H3,(H,26,31). The van der Waals surface area contributed by atoms with Gasteiger partial charge in [-0.15, -0.1) is 11.3 Å². The van der Waals surface area contributed by atoms with E-state index in [1.165, 1.54) is 9.75 Å². The van der Waals surface area contributed by atoms with E-state index in [0.29, 0.717) is 24.0 Å². The van der Waals surface area contributed by atoms with Gasteiger partial charge in [-0.3, -0.25) is 9.78 Å². The number of hydrogen-bond donors (Lipinski definition) is 1. The summed E-state index contributed by atoms with van der Waals surface area (Å²) in [6.07, 6.45) is 9.79. The van der Waals surface area contributed by atoms with Crippen LogP contribution in [0.4, 0.5) is 0 Å². The normalized spacial score (nSPS) is 13.3. The van der Waals surface area contributed by atoms with Crippen molar-refractivity contribution in [3.05, 3.63) is 75.6 Å². The van der Waals surface area contributed by atoms with E-state index in [1.807, 2.05) is 24.4 Å². The van der Waals surface area contributed by atoms with Crippen LogP contribution in [0.2, 0.25) is 0 Å². The first-order valence-electron chi connectivity index (χ1n) is 10.8. The Bertz CT molecular complexity index is 1260. The van der Waals surface area contributed by atoms with Crippen LogP contribution >= 0.6 is 11.3 Å². The Morgan fingerprint density at radius 2 is 2.09 bits per heavy atom. The second kappa shape index (κ2) is 8.63. The summed E-state index contributed by atoms with van der Waals surface area (Å²) in [5.41, 5.74) is 4.59. The average molecular weight is 445 g/mol. The van der Waals surface area contributed by atoms with Gasteiger partial charge in [0.2, 0.25) is 0 Å². The molecule has 5 rings (SSSR count). The Morgan fingerprint density at radius 1 is 1.22 bits per heavy atom. The first-order valence-corrected chi connectivity index (χ1v) is 11.6. The molecule has 0 radical (unpaired) electrons. The molecule has 8 heteroatoms. The number of nitrogens with zero attached hydrogens (tertiary/aromatic N) is 5. The summed E-state index contributed by atoms with van der Waals surface area (Å²) in [6, 6.07) is 7.98. The number of rotatable bonds is 7. The van der Waals surface area contributed by atoms with Gasteiger partial charge in [-0.25, -0.2) is 14.6 Å². The molecule has 162 valence electrons. The fourth-order valence-electron chi connectivity index (χ4n) is 3.89. The van der Waals surface area contributed by atoms with Gasteiger partial charge in [0.25, 0.3) is 11.9 Å². The van der Waals surface area contributed by atoms with Crippen LogP contribution in [0.15, 0.2) is 49.1 Å². The molecule has 1 fully saturated rings. The van der Waals surface area contributed by atoms with E-state index in [9.17, 15) is 4.79 Å². The Kier molecular flexibility index (Phi) is 5.53. The summed E-state index contributed by atoms with van der Waals surface area (Å²) in [5, 5.41) is 7.54. The molecule has 1 aliphatic carbocycles. The fraction of sp³-hybridized carbons (Fsp3) is 0.292. The molecule has 0 unspecified atom stereocenters. The molecule has 4 aromatic rings. The smallest absolute Gasteiger partial charge is 0.254 e. The second-order valence-corrected chi connectivity index (χ2v) is 9.53. The summed E-state index contributed by atoms with van der Waals surface area (Å²) < 4.78 is 1.74. The van der Waals surface area contributed by atoms with Gasteiger partial charge in [0.05, 0.1) is 23.1 Å². The number of pyridine rings is 1. The molecule has 1 saturated carbocycles. The highest BCUT2D eigenvalue weighted by molar-refractivity contribution is 7.12. The van der Waals surface area contributed by atoms with Crippen LogP contribution in [0.3, 0.4) is 0 Å². The highest BCUT2D eigenvalue weighted by Gasteiger charge is 2.33. The lowest BCUT2D eigenvalue weighted by atomic mass is 10.1. The van der Waals surface area contributed by atoms with E-state index in [2.05, 4.69) is 40.3 Å². The Balaban J connectivity index is 1.40. The third kappa shape index (κ3) is 4.18. The predicted molar refractivity (Wildman–Crippen MR) is 124 cm³/mol. The average Bonchev–Trinajstić information content (AvgIpc) is 3.45. The minimum absolute atomic E-state index is 0.109. The van der Waals surface area contributed by atoms with E-state index >= 15 is 0 Å². The van der Waals surface area contributed by atoms with Crippen molar-refractivity contribution in [1.82, 2.24) is 30.0 Å². The van der Waals surface area contributed by atoms with Gasteiger partial charge in [-0.05, 0) is 56.9 Å². The van der Waals surface area contributed by atoms with Crippen molar-refractivity contribution in [3.8, 4) is 17.2 Å². The SMILES string of the molecule is Cc1cc(-c2ccnc(-n3ncc(C(=O)NCCc4cccnc4)c3C3CC3)n2)c(C)s1. The lowest BCUT2D eigenvalue weighted by Gasteiger charge is -2.09. The Labute approximate surface area is 190 Å². The summed E-state index contributed by atoms with van der Waals surface area (Å²) >= 11 is 1.76. The number of carbonyl (C=O) groups is 1. The zero-order valence-corrected chi connectivity index (χ0v) is 18.9. The number of nitrogens with one attached hydrogen (secondary N) is 1. The van der Waals surface area contributed by atoms with Crippen molar-refractivity contribution < 1.29 is 4.79 Å². The highest BCUT2D eigenvalue weighted by atomic mass is 32.1. The van der Waals surface area contributed by atoms with Crippen molar-refractivity contribution in [1.29, 1.82) is 0 Å². The van der Waals surface area contributed by atoms with Crippen LogP contribution in [0.1, 0.15) is 50.1 Å². The molecule has 0 atom stereocenters. The van der Waals surface area contributed by atoms with Crippen molar-refractivity contribution >= 4 is 17.2 Å². The van der Waals surface area contributed by atoms with Crippen molar-refractivity contribution in [2.24, 2.45) is 0 Å². The summed E-state index contributed by atoms with van der Waals surface area (Å²) in [6.45, 7) is 4.75. The lowest BCUT2D eigenvalue weighted by Crippen LogP contribution is -2.26. The minimum atomic E-state index is -0.109. The molecule has 7 nitrogen and oxygen atoms in total. The van der Waals surface area contributed by atoms with E-state index in [4.69, 9.17) is 4.98 Å². The Morgan fingerprint density at radius 3 is 2.81 bits per heavy atom. The van der Waals surface area contributed by atoms with Crippen molar-refractivity contribution in [2.45, 2.75) is 39.0 Å². The molecule has 32 heavy (non-hydrogen) atoms. The molecule has 0 bridgehead atoms. The monoisotopic (exact) mass is 444 g/mol. The summed E-state index contributed by atoms with van der Waals surface area (Å²) in [4.78, 5) is 28.8. The van der Waals surface area contributed by atoms with Crippen LogP contribution in [-0.4, -0.2) is 37.2 Å². The number of aryl methyl sites for hydroxylation is 2. The molecular weight excluding hydrogens is 420 g/mol. The van der Waals surface area contributed by atoms with Gasteiger partial charge in [-0.2, -0.15) is 5.10 Å². The van der Waals surface area contributed by atoms with E-state index in [0.717, 1.165) is 41.8 Å². The third-order valence-corrected chi connectivity index (χ3v) is 6.55. The van der Waals surface area contributed by atoms with Gasteiger partial charge in [0, 0.05) is 46.4 Å². The molecule has 0 spiro atoms. The maximum absolute atomic E-state index is 12.9. The molecule has 1 aliphatic rings. The second-order valence-electron chi connectivity index (χ2n) is 8.07. The van der Waals surface area contributed by atoms with E-state index in [1.54, 1.807) is 34.6 Å². The topological polar surface area (TPSA) is 85.6 Å². The van der Waals surface area contributed by atoms with E-state index < -0.39 is 0 Å². The molecule has 4 heterocycles. The fourth-order valence-corrected chi connectivity index (χ4v) is 4.82. The number of hydrogen-bond acceptors (Lipinski definition) is 6. The maximum atomic E-state index is 12.9. The quantitative estimate of drug-likeness (QED) is 0.460. The van der Waals surface area contributed by atoms with Gasteiger partial charge in [-0.1, -0.05) is 6.07 Å². The van der Waals surface area contributed by atoms with Gasteiger partial charge < -0.3 is 5.32 Å². The van der Waals surface area contributed by atoms with Crippen LogP contribution in [-0.2, 0) is 6.42 Å². The third-order valence-electron chi connectivity index (χ3n) is 5.59. The van der Waals surface area contributed by atoms with E-state index in [-0.39, 0.29) is 5.91 Å². The molecule has 0 aromatic carbocycles. The summed E-state index contributed by atoms with van der Waals surface area (Å²) in [7, 11) is 0. The largest absolute Gasteiger partial charge is 0.352 e. The molecule has 1 N–H and O–H groups in total. The first-order chi connectivity index (χ1) is 15.6. The molecule has 1 amide bonds. The molecular formula is C24H24N6OS. The zero-order valence-electron chi connectivity index (χ0n) is 18.1. The highest BCUT2D eigenvalue weighted by Crippen LogP contribution is 2.42.